The maximum Gasteiger partial charge on any atom is -0.0412 e. The predicted molar refractivity (Wildman–Crippen MR) is 71.5 cm³/mol. The minimum absolute atomic E-state index is 1.02. The van der Waals surface area contributed by atoms with E-state index in [0.29, 0.717) is 0 Å². The molecular weight excluding hydrogens is 192 g/mol. The third kappa shape index (κ3) is 4.11. The Morgan fingerprint density at radius 2 is 1.38 bits per heavy atom. The lowest BCUT2D eigenvalue weighted by Gasteiger charge is -2.26. The molecule has 0 aromatic heterocycles. The second-order valence-corrected chi connectivity index (χ2v) is 6.57. The molecule has 2 rings (SSSR count). The molecule has 0 N–H and O–H groups in total. The van der Waals surface area contributed by atoms with E-state index in [9.17, 15) is 0 Å². The van der Waals surface area contributed by atoms with Gasteiger partial charge in [0.15, 0.2) is 0 Å². The highest BCUT2D eigenvalue weighted by Gasteiger charge is 2.19. The molecule has 0 radical (unpaired) electrons. The maximum atomic E-state index is 2.45. The summed E-state index contributed by atoms with van der Waals surface area (Å²) in [6, 6.07) is 0. The highest BCUT2D eigenvalue weighted by molar-refractivity contribution is 4.71. The minimum atomic E-state index is 1.02. The minimum Gasteiger partial charge on any atom is -0.0625 e. The predicted octanol–water partition coefficient (Wildman–Crippen LogP) is 5.56. The molecule has 2 atom stereocenters. The van der Waals surface area contributed by atoms with Crippen LogP contribution in [0.25, 0.3) is 0 Å². The lowest BCUT2D eigenvalue weighted by Crippen LogP contribution is -2.13. The monoisotopic (exact) mass is 222 g/mol. The molecular formula is C16H30. The summed E-state index contributed by atoms with van der Waals surface area (Å²) in [5.74, 6) is 3.23. The van der Waals surface area contributed by atoms with Crippen LogP contribution in [-0.2, 0) is 0 Å². The van der Waals surface area contributed by atoms with E-state index in [1.807, 2.05) is 0 Å². The first-order valence-corrected chi connectivity index (χ1v) is 7.84. The molecule has 0 spiro atoms. The fraction of sp³-hybridized carbons (Fsp3) is 1.00. The van der Waals surface area contributed by atoms with Gasteiger partial charge in [0.05, 0.1) is 0 Å². The summed E-state index contributed by atoms with van der Waals surface area (Å²) in [6.45, 7) is 2.45. The van der Waals surface area contributed by atoms with Crippen LogP contribution in [0.3, 0.4) is 0 Å². The summed E-state index contributed by atoms with van der Waals surface area (Å²) < 4.78 is 0. The molecule has 2 aliphatic rings. The molecule has 0 saturated heterocycles. The van der Waals surface area contributed by atoms with Gasteiger partial charge in [-0.25, -0.2) is 0 Å². The van der Waals surface area contributed by atoms with Gasteiger partial charge in [0, 0.05) is 0 Å². The smallest absolute Gasteiger partial charge is 0.0412 e. The van der Waals surface area contributed by atoms with Gasteiger partial charge in [-0.1, -0.05) is 77.6 Å². The Kier molecular flexibility index (Phi) is 5.19. The van der Waals surface area contributed by atoms with Crippen molar-refractivity contribution >= 4 is 0 Å². The maximum absolute atomic E-state index is 2.45. The summed E-state index contributed by atoms with van der Waals surface area (Å²) in [5, 5.41) is 0. The van der Waals surface area contributed by atoms with Crippen molar-refractivity contribution in [3.63, 3.8) is 0 Å². The van der Waals surface area contributed by atoms with Gasteiger partial charge in [0.1, 0.15) is 0 Å². The van der Waals surface area contributed by atoms with Gasteiger partial charge in [-0.2, -0.15) is 0 Å². The third-order valence-corrected chi connectivity index (χ3v) is 4.99. The zero-order valence-electron chi connectivity index (χ0n) is 11.2. The van der Waals surface area contributed by atoms with Crippen LogP contribution in [0.4, 0.5) is 0 Å². The highest BCUT2D eigenvalue weighted by atomic mass is 14.2. The molecule has 0 nitrogen and oxygen atoms in total. The van der Waals surface area contributed by atoms with Gasteiger partial charge in [-0.15, -0.1) is 0 Å². The second-order valence-electron chi connectivity index (χ2n) is 6.57. The Bertz CT molecular complexity index is 178. The molecule has 0 amide bonds. The van der Waals surface area contributed by atoms with Crippen molar-refractivity contribution in [3.8, 4) is 0 Å². The summed E-state index contributed by atoms with van der Waals surface area (Å²) in [5.41, 5.74) is 0. The van der Waals surface area contributed by atoms with E-state index in [4.69, 9.17) is 0 Å². The number of rotatable bonds is 5. The summed E-state index contributed by atoms with van der Waals surface area (Å²) in [4.78, 5) is 0. The number of hydrogen-bond donors (Lipinski definition) is 0. The number of hydrogen-bond acceptors (Lipinski definition) is 0. The molecule has 94 valence electrons. The Morgan fingerprint density at radius 3 is 2.06 bits per heavy atom. The first kappa shape index (κ1) is 12.5. The van der Waals surface area contributed by atoms with Crippen molar-refractivity contribution in [1.29, 1.82) is 0 Å². The van der Waals surface area contributed by atoms with E-state index < -0.39 is 0 Å². The average molecular weight is 222 g/mol. The van der Waals surface area contributed by atoms with Crippen LogP contribution >= 0.6 is 0 Å². The summed E-state index contributed by atoms with van der Waals surface area (Å²) in [7, 11) is 0. The molecule has 0 heteroatoms. The van der Waals surface area contributed by atoms with Gasteiger partial charge >= 0.3 is 0 Å². The largest absolute Gasteiger partial charge is 0.0625 e. The van der Waals surface area contributed by atoms with Crippen LogP contribution in [0.1, 0.15) is 84.0 Å². The van der Waals surface area contributed by atoms with Crippen LogP contribution in [0.15, 0.2) is 0 Å². The van der Waals surface area contributed by atoms with E-state index in [0.717, 1.165) is 17.8 Å². The van der Waals surface area contributed by atoms with Crippen LogP contribution in [0, 0.1) is 17.8 Å². The first-order chi connectivity index (χ1) is 7.84. The van der Waals surface area contributed by atoms with E-state index in [2.05, 4.69) is 6.92 Å². The lowest BCUT2D eigenvalue weighted by molar-refractivity contribution is 0.262. The van der Waals surface area contributed by atoms with Crippen molar-refractivity contribution in [2.75, 3.05) is 0 Å². The molecule has 2 unspecified atom stereocenters. The molecule has 0 aromatic rings. The zero-order valence-corrected chi connectivity index (χ0v) is 11.2. The van der Waals surface area contributed by atoms with Crippen molar-refractivity contribution in [1.82, 2.24) is 0 Å². The van der Waals surface area contributed by atoms with Gasteiger partial charge < -0.3 is 0 Å². The Balaban J connectivity index is 1.50. The Hall–Kier alpha value is 0. The van der Waals surface area contributed by atoms with Crippen molar-refractivity contribution in [3.05, 3.63) is 0 Å². The van der Waals surface area contributed by atoms with E-state index in [1.54, 1.807) is 19.3 Å². The van der Waals surface area contributed by atoms with Gasteiger partial charge in [-0.05, 0) is 24.2 Å². The second kappa shape index (κ2) is 6.67. The molecule has 0 aliphatic heterocycles. The fourth-order valence-electron chi connectivity index (χ4n) is 3.99. The molecule has 0 bridgehead atoms. The van der Waals surface area contributed by atoms with E-state index in [-0.39, 0.29) is 0 Å². The average Bonchev–Trinajstić information content (AvgIpc) is 2.77. The van der Waals surface area contributed by atoms with Crippen LogP contribution in [0.2, 0.25) is 0 Å². The van der Waals surface area contributed by atoms with Crippen LogP contribution in [0.5, 0.6) is 0 Å². The molecule has 0 aromatic carbocycles. The molecule has 16 heavy (non-hydrogen) atoms. The lowest BCUT2D eigenvalue weighted by atomic mass is 9.80. The fourth-order valence-corrected chi connectivity index (χ4v) is 3.99. The Morgan fingerprint density at radius 1 is 0.750 bits per heavy atom. The molecule has 2 saturated carbocycles. The summed E-state index contributed by atoms with van der Waals surface area (Å²) in [6.07, 6.45) is 18.3. The van der Waals surface area contributed by atoms with Crippen LogP contribution < -0.4 is 0 Å². The van der Waals surface area contributed by atoms with Crippen molar-refractivity contribution in [2.24, 2.45) is 17.8 Å². The van der Waals surface area contributed by atoms with Gasteiger partial charge in [0.25, 0.3) is 0 Å². The molecule has 0 heterocycles. The summed E-state index contributed by atoms with van der Waals surface area (Å²) >= 11 is 0. The first-order valence-electron chi connectivity index (χ1n) is 7.84. The van der Waals surface area contributed by atoms with Crippen molar-refractivity contribution in [2.45, 2.75) is 84.0 Å². The standard InChI is InChI=1S/C16H30/c1-14-7-6-12-16(13-14)11-5-4-10-15-8-2-3-9-15/h14-16H,2-13H2,1H3. The van der Waals surface area contributed by atoms with E-state index in [1.165, 1.54) is 57.8 Å². The highest BCUT2D eigenvalue weighted by Crippen LogP contribution is 2.33. The van der Waals surface area contributed by atoms with Gasteiger partial charge in [0.2, 0.25) is 0 Å². The normalized spacial score (nSPS) is 32.1. The topological polar surface area (TPSA) is 0 Å². The Labute approximate surface area is 102 Å². The molecule has 2 aliphatic carbocycles. The number of unbranched alkanes of at least 4 members (excludes halogenated alkanes) is 1. The van der Waals surface area contributed by atoms with Crippen molar-refractivity contribution < 1.29 is 0 Å². The molecule has 2 fully saturated rings. The zero-order chi connectivity index (χ0) is 11.2. The third-order valence-electron chi connectivity index (χ3n) is 4.99. The van der Waals surface area contributed by atoms with E-state index >= 15 is 0 Å². The van der Waals surface area contributed by atoms with Gasteiger partial charge in [-0.3, -0.25) is 0 Å². The van der Waals surface area contributed by atoms with Crippen LogP contribution in [-0.4, -0.2) is 0 Å². The SMILES string of the molecule is CC1CCCC(CCCCC2CCCC2)C1. The quantitative estimate of drug-likeness (QED) is 0.534.